The molecule has 0 saturated carbocycles. The second kappa shape index (κ2) is 10.1. The van der Waals surface area contributed by atoms with Crippen LogP contribution >= 0.6 is 11.8 Å². The molecule has 1 aromatic heterocycles. The fourth-order valence-corrected chi connectivity index (χ4v) is 3.90. The summed E-state index contributed by atoms with van der Waals surface area (Å²) in [4.78, 5) is 42.2. The zero-order valence-corrected chi connectivity index (χ0v) is 18.1. The summed E-state index contributed by atoms with van der Waals surface area (Å²) >= 11 is 1.19. The third-order valence-corrected chi connectivity index (χ3v) is 5.69. The molecule has 160 valence electrons. The van der Waals surface area contributed by atoms with Crippen LogP contribution in [0.1, 0.15) is 22.8 Å². The van der Waals surface area contributed by atoms with Crippen LogP contribution in [0.15, 0.2) is 71.1 Å². The smallest absolute Gasteiger partial charge is 0.337 e. The number of hydrogen-bond donors (Lipinski definition) is 1. The lowest BCUT2D eigenvalue weighted by Gasteiger charge is -2.16. The van der Waals surface area contributed by atoms with Crippen LogP contribution in [-0.2, 0) is 16.1 Å². The van der Waals surface area contributed by atoms with E-state index in [0.29, 0.717) is 34.7 Å². The van der Waals surface area contributed by atoms with Crippen molar-refractivity contribution < 1.29 is 14.3 Å². The van der Waals surface area contributed by atoms with Crippen molar-refractivity contribution >= 4 is 34.5 Å². The van der Waals surface area contributed by atoms with Crippen molar-refractivity contribution in [3.63, 3.8) is 0 Å². The molecule has 0 aliphatic rings. The molecule has 2 aromatic carbocycles. The number of carbonyl (C=O) groups excluding carboxylic acids is 2. The minimum Gasteiger partial charge on any atom is -0.465 e. The average Bonchev–Trinajstić information content (AvgIpc) is 2.79. The summed E-state index contributed by atoms with van der Waals surface area (Å²) in [7, 11) is 1.29. The maximum Gasteiger partial charge on any atom is 0.337 e. The maximum atomic E-state index is 13.3. The predicted octanol–water partition coefficient (Wildman–Crippen LogP) is 3.01. The number of fused-ring (bicyclic) bond motifs is 1. The van der Waals surface area contributed by atoms with Crippen molar-refractivity contribution in [1.82, 2.24) is 14.9 Å². The number of aromatic nitrogens is 2. The highest BCUT2D eigenvalue weighted by Gasteiger charge is 2.20. The van der Waals surface area contributed by atoms with E-state index >= 15 is 0 Å². The van der Waals surface area contributed by atoms with Gasteiger partial charge >= 0.3 is 5.97 Å². The van der Waals surface area contributed by atoms with E-state index in [1.54, 1.807) is 29.7 Å². The quantitative estimate of drug-likeness (QED) is 0.252. The number of rotatable bonds is 8. The molecule has 3 rings (SSSR count). The molecule has 31 heavy (non-hydrogen) atoms. The van der Waals surface area contributed by atoms with Crippen LogP contribution < -0.4 is 10.9 Å². The fraction of sp³-hybridized carbons (Fsp3) is 0.217. The summed E-state index contributed by atoms with van der Waals surface area (Å²) in [6.07, 6.45) is 1.60. The molecular weight excluding hydrogens is 414 g/mol. The average molecular weight is 438 g/mol. The van der Waals surface area contributed by atoms with Gasteiger partial charge < -0.3 is 10.1 Å². The van der Waals surface area contributed by atoms with Gasteiger partial charge in [-0.25, -0.2) is 9.78 Å². The van der Waals surface area contributed by atoms with Crippen LogP contribution in [-0.4, -0.2) is 40.3 Å². The Bertz CT molecular complexity index is 1170. The predicted molar refractivity (Wildman–Crippen MR) is 121 cm³/mol. The van der Waals surface area contributed by atoms with Gasteiger partial charge in [0.05, 0.1) is 35.4 Å². The maximum absolute atomic E-state index is 13.3. The molecule has 0 saturated heterocycles. The van der Waals surface area contributed by atoms with Gasteiger partial charge in [-0.2, -0.15) is 0 Å². The van der Waals surface area contributed by atoms with Gasteiger partial charge in [-0.15, -0.1) is 6.58 Å². The lowest BCUT2D eigenvalue weighted by atomic mass is 10.1. The monoisotopic (exact) mass is 437 g/mol. The molecule has 0 unspecified atom stereocenters. The van der Waals surface area contributed by atoms with Crippen LogP contribution in [0, 0.1) is 0 Å². The number of methoxy groups -OCH3 is 1. The highest BCUT2D eigenvalue weighted by atomic mass is 32.2. The van der Waals surface area contributed by atoms with Crippen molar-refractivity contribution in [3.8, 4) is 0 Å². The largest absolute Gasteiger partial charge is 0.465 e. The number of carbonyl (C=O) groups is 2. The molecule has 8 heteroatoms. The first-order valence-corrected chi connectivity index (χ1v) is 10.5. The number of thioether (sulfide) groups is 1. The lowest BCUT2D eigenvalue weighted by Crippen LogP contribution is -2.32. The first kappa shape index (κ1) is 22.3. The summed E-state index contributed by atoms with van der Waals surface area (Å²) in [6, 6.07) is 14.2. The Morgan fingerprint density at radius 2 is 2.00 bits per heavy atom. The first-order chi connectivity index (χ1) is 14.9. The van der Waals surface area contributed by atoms with Gasteiger partial charge in [0.25, 0.3) is 5.56 Å². The third-order valence-electron chi connectivity index (χ3n) is 4.60. The minimum atomic E-state index is -0.511. The van der Waals surface area contributed by atoms with Gasteiger partial charge in [0.2, 0.25) is 5.91 Å². The molecule has 1 atom stereocenters. The topological polar surface area (TPSA) is 90.3 Å². The number of amides is 1. The molecule has 0 spiro atoms. The van der Waals surface area contributed by atoms with Crippen LogP contribution in [0.5, 0.6) is 0 Å². The second-order valence-electron chi connectivity index (χ2n) is 6.79. The summed E-state index contributed by atoms with van der Waals surface area (Å²) in [5, 5.41) is 3.04. The van der Waals surface area contributed by atoms with Crippen LogP contribution in [0.2, 0.25) is 0 Å². The van der Waals surface area contributed by atoms with Gasteiger partial charge in [0.15, 0.2) is 5.16 Å². The van der Waals surface area contributed by atoms with E-state index in [4.69, 9.17) is 4.74 Å². The first-order valence-electron chi connectivity index (χ1n) is 9.66. The van der Waals surface area contributed by atoms with Crippen molar-refractivity contribution in [2.24, 2.45) is 0 Å². The van der Waals surface area contributed by atoms with E-state index in [2.05, 4.69) is 16.9 Å². The van der Waals surface area contributed by atoms with Crippen molar-refractivity contribution in [2.45, 2.75) is 23.9 Å². The standard InChI is InChI=1S/C23H23N3O4S/c1-4-12-24-20(27)15(2)31-23-25-19-13-17(22(29)30-3)10-11-18(19)21(28)26(23)14-16-8-6-5-7-9-16/h4-11,13,15H,1,12,14H2,2-3H3,(H,24,27)/t15-/m0/s1. The molecule has 0 bridgehead atoms. The van der Waals surface area contributed by atoms with Gasteiger partial charge in [0.1, 0.15) is 0 Å². The van der Waals surface area contributed by atoms with E-state index in [0.717, 1.165) is 5.56 Å². The zero-order chi connectivity index (χ0) is 22.4. The van der Waals surface area contributed by atoms with Crippen LogP contribution in [0.25, 0.3) is 10.9 Å². The minimum absolute atomic E-state index is 0.186. The fourth-order valence-electron chi connectivity index (χ4n) is 2.97. The lowest BCUT2D eigenvalue weighted by molar-refractivity contribution is -0.120. The van der Waals surface area contributed by atoms with Gasteiger partial charge in [-0.1, -0.05) is 48.2 Å². The van der Waals surface area contributed by atoms with Crippen LogP contribution in [0.3, 0.4) is 0 Å². The molecule has 0 aliphatic carbocycles. The molecule has 0 aliphatic heterocycles. The Hall–Kier alpha value is -3.39. The Kier molecular flexibility index (Phi) is 7.25. The molecule has 1 heterocycles. The Labute approximate surface area is 184 Å². The van der Waals surface area contributed by atoms with Crippen LogP contribution in [0.4, 0.5) is 0 Å². The van der Waals surface area contributed by atoms with E-state index < -0.39 is 11.2 Å². The van der Waals surface area contributed by atoms with Gasteiger partial charge in [0, 0.05) is 6.54 Å². The molecule has 1 amide bonds. The molecule has 0 fully saturated rings. The molecular formula is C23H23N3O4S. The number of nitrogens with one attached hydrogen (secondary N) is 1. The second-order valence-corrected chi connectivity index (χ2v) is 8.10. The highest BCUT2D eigenvalue weighted by Crippen LogP contribution is 2.24. The molecule has 0 radical (unpaired) electrons. The normalized spacial score (nSPS) is 11.7. The zero-order valence-electron chi connectivity index (χ0n) is 17.3. The van der Waals surface area contributed by atoms with Crippen molar-refractivity contribution in [2.75, 3.05) is 13.7 Å². The Balaban J connectivity index is 2.09. The van der Waals surface area contributed by atoms with Gasteiger partial charge in [-0.3, -0.25) is 14.2 Å². The highest BCUT2D eigenvalue weighted by molar-refractivity contribution is 8.00. The SMILES string of the molecule is C=CCNC(=O)[C@H](C)Sc1nc2cc(C(=O)OC)ccc2c(=O)n1Cc1ccccc1. The Morgan fingerprint density at radius 1 is 1.26 bits per heavy atom. The number of benzene rings is 2. The number of ether oxygens (including phenoxy) is 1. The number of hydrogen-bond acceptors (Lipinski definition) is 6. The van der Waals surface area contributed by atoms with E-state index in [9.17, 15) is 14.4 Å². The van der Waals surface area contributed by atoms with E-state index in [1.165, 1.54) is 24.9 Å². The van der Waals surface area contributed by atoms with Gasteiger partial charge in [-0.05, 0) is 30.7 Å². The summed E-state index contributed by atoms with van der Waals surface area (Å²) in [5.74, 6) is -0.697. The number of esters is 1. The summed E-state index contributed by atoms with van der Waals surface area (Å²) < 4.78 is 6.32. The van der Waals surface area contributed by atoms with E-state index in [-0.39, 0.29) is 11.5 Å². The number of nitrogens with zero attached hydrogens (tertiary/aromatic N) is 2. The van der Waals surface area contributed by atoms with Crippen molar-refractivity contribution in [1.29, 1.82) is 0 Å². The molecule has 7 nitrogen and oxygen atoms in total. The third kappa shape index (κ3) is 5.21. The summed E-state index contributed by atoms with van der Waals surface area (Å²) in [5.41, 5.74) is 1.36. The molecule has 1 N–H and O–H groups in total. The molecule has 3 aromatic rings. The van der Waals surface area contributed by atoms with E-state index in [1.807, 2.05) is 30.3 Å². The van der Waals surface area contributed by atoms with Crippen molar-refractivity contribution in [3.05, 3.63) is 82.7 Å². The Morgan fingerprint density at radius 3 is 2.68 bits per heavy atom. The summed E-state index contributed by atoms with van der Waals surface area (Å²) in [6.45, 7) is 6.01.